The van der Waals surface area contributed by atoms with Crippen molar-refractivity contribution in [3.63, 3.8) is 0 Å². The van der Waals surface area contributed by atoms with Crippen molar-refractivity contribution in [2.75, 3.05) is 49.1 Å². The van der Waals surface area contributed by atoms with Gasteiger partial charge >= 0.3 is 0 Å². The zero-order valence-corrected chi connectivity index (χ0v) is 15.9. The van der Waals surface area contributed by atoms with Gasteiger partial charge in [-0.2, -0.15) is 0 Å². The number of hydrogen-bond acceptors (Lipinski definition) is 6. The lowest BCUT2D eigenvalue weighted by Gasteiger charge is -2.36. The number of hydrogen-bond donors (Lipinski definition) is 1. The largest absolute Gasteiger partial charge is 0.376 e. The van der Waals surface area contributed by atoms with Gasteiger partial charge in [-0.15, -0.1) is 11.3 Å². The number of para-hydroxylation sites is 1. The minimum atomic E-state index is -0.189. The molecule has 2 aliphatic heterocycles. The molecule has 2 saturated heterocycles. The van der Waals surface area contributed by atoms with E-state index in [1.54, 1.807) is 11.4 Å². The molecule has 0 aliphatic carbocycles. The topological polar surface area (TPSA) is 57.7 Å². The van der Waals surface area contributed by atoms with Gasteiger partial charge in [0.15, 0.2) is 5.13 Å². The molecule has 0 bridgehead atoms. The van der Waals surface area contributed by atoms with Crippen LogP contribution in [0.2, 0.25) is 0 Å². The van der Waals surface area contributed by atoms with E-state index in [1.165, 1.54) is 17.4 Å². The summed E-state index contributed by atoms with van der Waals surface area (Å²) in [4.78, 5) is 21.0. The van der Waals surface area contributed by atoms with Crippen LogP contribution in [0, 0.1) is 5.82 Å². The molecule has 27 heavy (non-hydrogen) atoms. The van der Waals surface area contributed by atoms with Crippen LogP contribution in [0.1, 0.15) is 23.3 Å². The van der Waals surface area contributed by atoms with Gasteiger partial charge in [-0.05, 0) is 25.0 Å². The van der Waals surface area contributed by atoms with E-state index in [-0.39, 0.29) is 17.8 Å². The van der Waals surface area contributed by atoms with E-state index in [0.717, 1.165) is 50.8 Å². The monoisotopic (exact) mass is 390 g/mol. The lowest BCUT2D eigenvalue weighted by Crippen LogP contribution is -2.46. The third kappa shape index (κ3) is 4.22. The second kappa shape index (κ2) is 8.22. The van der Waals surface area contributed by atoms with Gasteiger partial charge < -0.3 is 19.9 Å². The number of amides is 1. The van der Waals surface area contributed by atoms with E-state index < -0.39 is 0 Å². The normalized spacial score (nSPS) is 20.1. The predicted octanol–water partition coefficient (Wildman–Crippen LogP) is 2.52. The number of aromatic nitrogens is 1. The number of piperazine rings is 1. The molecular weight excluding hydrogens is 367 g/mol. The molecule has 0 spiro atoms. The average Bonchev–Trinajstić information content (AvgIpc) is 3.39. The summed E-state index contributed by atoms with van der Waals surface area (Å²) in [6.07, 6.45) is 2.17. The molecule has 0 saturated carbocycles. The van der Waals surface area contributed by atoms with E-state index in [0.29, 0.717) is 17.9 Å². The molecule has 2 aliphatic rings. The van der Waals surface area contributed by atoms with Crippen LogP contribution in [-0.4, -0.2) is 56.3 Å². The summed E-state index contributed by atoms with van der Waals surface area (Å²) in [7, 11) is 0. The van der Waals surface area contributed by atoms with Crippen molar-refractivity contribution in [3.8, 4) is 0 Å². The number of nitrogens with zero attached hydrogens (tertiary/aromatic N) is 3. The van der Waals surface area contributed by atoms with Crippen LogP contribution in [0.4, 0.5) is 15.2 Å². The maximum Gasteiger partial charge on any atom is 0.270 e. The Labute approximate surface area is 161 Å². The van der Waals surface area contributed by atoms with Crippen molar-refractivity contribution >= 4 is 28.1 Å². The Kier molecular flexibility index (Phi) is 5.54. The third-order valence-corrected chi connectivity index (χ3v) is 5.88. The molecule has 3 heterocycles. The zero-order chi connectivity index (χ0) is 18.6. The first-order valence-corrected chi connectivity index (χ1v) is 10.2. The minimum Gasteiger partial charge on any atom is -0.376 e. The van der Waals surface area contributed by atoms with Crippen molar-refractivity contribution in [1.82, 2.24) is 10.3 Å². The fraction of sp³-hybridized carbons (Fsp3) is 0.474. The number of ether oxygens (including phenoxy) is 1. The second-order valence-electron chi connectivity index (χ2n) is 6.79. The summed E-state index contributed by atoms with van der Waals surface area (Å²) >= 11 is 1.47. The first-order valence-electron chi connectivity index (χ1n) is 9.30. The van der Waals surface area contributed by atoms with Crippen molar-refractivity contribution in [1.29, 1.82) is 0 Å². The van der Waals surface area contributed by atoms with Gasteiger partial charge in [0.25, 0.3) is 5.91 Å². The molecule has 144 valence electrons. The van der Waals surface area contributed by atoms with Gasteiger partial charge in [0.05, 0.1) is 11.8 Å². The average molecular weight is 390 g/mol. The van der Waals surface area contributed by atoms with E-state index in [9.17, 15) is 9.18 Å². The summed E-state index contributed by atoms with van der Waals surface area (Å²) < 4.78 is 19.5. The number of rotatable bonds is 5. The fourth-order valence-corrected chi connectivity index (χ4v) is 4.32. The van der Waals surface area contributed by atoms with E-state index >= 15 is 0 Å². The standard InChI is InChI=1S/C19H23FN4O2S/c20-15-5-1-2-6-17(15)23-7-9-24(10-8-23)19-22-16(13-27-19)18(25)21-12-14-4-3-11-26-14/h1-2,5-6,13-14H,3-4,7-12H2,(H,21,25)/t14-/m1/s1. The van der Waals surface area contributed by atoms with E-state index in [1.807, 2.05) is 12.1 Å². The van der Waals surface area contributed by atoms with Crippen LogP contribution in [0.15, 0.2) is 29.6 Å². The second-order valence-corrected chi connectivity index (χ2v) is 7.62. The maximum atomic E-state index is 14.0. The van der Waals surface area contributed by atoms with E-state index in [4.69, 9.17) is 4.74 Å². The maximum absolute atomic E-state index is 14.0. The lowest BCUT2D eigenvalue weighted by atomic mass is 10.2. The van der Waals surface area contributed by atoms with Gasteiger partial charge in [-0.25, -0.2) is 9.37 Å². The highest BCUT2D eigenvalue weighted by atomic mass is 32.1. The van der Waals surface area contributed by atoms with Crippen LogP contribution < -0.4 is 15.1 Å². The zero-order valence-electron chi connectivity index (χ0n) is 15.1. The summed E-state index contributed by atoms with van der Waals surface area (Å²) in [5, 5.41) is 5.54. The Morgan fingerprint density at radius 3 is 2.78 bits per heavy atom. The number of carbonyl (C=O) groups is 1. The molecule has 6 nitrogen and oxygen atoms in total. The molecule has 1 N–H and O–H groups in total. The van der Waals surface area contributed by atoms with Gasteiger partial charge in [0, 0.05) is 44.7 Å². The highest BCUT2D eigenvalue weighted by Gasteiger charge is 2.23. The SMILES string of the molecule is O=C(NC[C@H]1CCCO1)c1csc(N2CCN(c3ccccc3F)CC2)n1. The lowest BCUT2D eigenvalue weighted by molar-refractivity contribution is 0.0854. The first-order chi connectivity index (χ1) is 13.2. The van der Waals surface area contributed by atoms with Crippen LogP contribution in [0.25, 0.3) is 0 Å². The Morgan fingerprint density at radius 2 is 2.04 bits per heavy atom. The Morgan fingerprint density at radius 1 is 1.26 bits per heavy atom. The molecule has 8 heteroatoms. The quantitative estimate of drug-likeness (QED) is 0.850. The van der Waals surface area contributed by atoms with Crippen molar-refractivity contribution in [3.05, 3.63) is 41.2 Å². The van der Waals surface area contributed by atoms with Gasteiger partial charge in [0.1, 0.15) is 11.5 Å². The number of halogens is 1. The van der Waals surface area contributed by atoms with Crippen LogP contribution in [0.3, 0.4) is 0 Å². The number of benzene rings is 1. The van der Waals surface area contributed by atoms with Crippen molar-refractivity contribution in [2.45, 2.75) is 18.9 Å². The number of nitrogens with one attached hydrogen (secondary N) is 1. The smallest absolute Gasteiger partial charge is 0.270 e. The molecule has 1 aromatic heterocycles. The summed E-state index contributed by atoms with van der Waals surface area (Å²) in [5.41, 5.74) is 1.09. The van der Waals surface area contributed by atoms with E-state index in [2.05, 4.69) is 20.1 Å². The molecule has 0 unspecified atom stereocenters. The molecule has 1 atom stereocenters. The Bertz CT molecular complexity index is 786. The number of anilines is 2. The highest BCUT2D eigenvalue weighted by molar-refractivity contribution is 7.13. The van der Waals surface area contributed by atoms with Gasteiger partial charge in [-0.3, -0.25) is 4.79 Å². The Hall–Kier alpha value is -2.19. The van der Waals surface area contributed by atoms with Crippen LogP contribution in [-0.2, 0) is 4.74 Å². The highest BCUT2D eigenvalue weighted by Crippen LogP contribution is 2.25. The molecule has 2 fully saturated rings. The third-order valence-electron chi connectivity index (χ3n) is 4.98. The summed E-state index contributed by atoms with van der Waals surface area (Å²) in [5.74, 6) is -0.344. The van der Waals surface area contributed by atoms with Crippen molar-refractivity contribution < 1.29 is 13.9 Å². The van der Waals surface area contributed by atoms with Crippen molar-refractivity contribution in [2.24, 2.45) is 0 Å². The number of carbonyl (C=O) groups excluding carboxylic acids is 1. The molecule has 4 rings (SSSR count). The fourth-order valence-electron chi connectivity index (χ4n) is 3.46. The van der Waals surface area contributed by atoms with Crippen LogP contribution in [0.5, 0.6) is 0 Å². The molecule has 1 aromatic carbocycles. The van der Waals surface area contributed by atoms with Gasteiger partial charge in [-0.1, -0.05) is 12.1 Å². The Balaban J connectivity index is 1.31. The number of thiazole rings is 1. The van der Waals surface area contributed by atoms with Crippen LogP contribution >= 0.6 is 11.3 Å². The minimum absolute atomic E-state index is 0.124. The molecular formula is C19H23FN4O2S. The summed E-state index contributed by atoms with van der Waals surface area (Å²) in [6, 6.07) is 6.86. The summed E-state index contributed by atoms with van der Waals surface area (Å²) in [6.45, 7) is 4.26. The molecule has 2 aromatic rings. The first kappa shape index (κ1) is 18.2. The molecule has 0 radical (unpaired) electrons. The van der Waals surface area contributed by atoms with Gasteiger partial charge in [0.2, 0.25) is 0 Å². The molecule has 1 amide bonds. The predicted molar refractivity (Wildman–Crippen MR) is 104 cm³/mol.